The number of hydrogen-bond acceptors (Lipinski definition) is 6. The number of amides is 1. The maximum atomic E-state index is 11.6. The first-order valence-corrected chi connectivity index (χ1v) is 7.07. The summed E-state index contributed by atoms with van der Waals surface area (Å²) in [7, 11) is 1.80. The molecule has 0 bridgehead atoms. The summed E-state index contributed by atoms with van der Waals surface area (Å²) in [6.45, 7) is 3.98. The fourth-order valence-corrected chi connectivity index (χ4v) is 2.66. The molecule has 1 aliphatic rings. The number of hydrogen-bond donors (Lipinski definition) is 0. The normalized spacial score (nSPS) is 15.8. The van der Waals surface area contributed by atoms with Gasteiger partial charge >= 0.3 is 5.97 Å². The van der Waals surface area contributed by atoms with Gasteiger partial charge < -0.3 is 14.5 Å². The van der Waals surface area contributed by atoms with Gasteiger partial charge in [0.2, 0.25) is 5.91 Å². The van der Waals surface area contributed by atoms with Crippen LogP contribution in [0.15, 0.2) is 5.38 Å². The molecule has 0 atom stereocenters. The first kappa shape index (κ1) is 13.8. The van der Waals surface area contributed by atoms with Crippen LogP contribution < -0.4 is 4.90 Å². The molecule has 1 aromatic rings. The maximum absolute atomic E-state index is 11.6. The molecule has 7 heteroatoms. The van der Waals surface area contributed by atoms with Crippen molar-refractivity contribution in [3.8, 4) is 0 Å². The van der Waals surface area contributed by atoms with Gasteiger partial charge in [-0.05, 0) is 6.92 Å². The third-order valence-electron chi connectivity index (χ3n) is 2.90. The van der Waals surface area contributed by atoms with Crippen molar-refractivity contribution in [3.63, 3.8) is 0 Å². The number of ether oxygens (including phenoxy) is 1. The standard InChI is InChI=1S/C12H17N3O3S/c1-3-18-11(17)6-9-8-19-12(13-9)15-5-4-14(2)10(16)7-15/h8H,3-7H2,1-2H3. The maximum Gasteiger partial charge on any atom is 0.311 e. The van der Waals surface area contributed by atoms with E-state index in [2.05, 4.69) is 4.98 Å². The Labute approximate surface area is 116 Å². The van der Waals surface area contributed by atoms with Crippen LogP contribution in [0.4, 0.5) is 5.13 Å². The molecule has 2 heterocycles. The van der Waals surface area contributed by atoms with Crippen LogP contribution in [0, 0.1) is 0 Å². The van der Waals surface area contributed by atoms with E-state index in [1.54, 1.807) is 18.9 Å². The molecule has 0 saturated carbocycles. The predicted octanol–water partition coefficient (Wildman–Crippen LogP) is 0.527. The lowest BCUT2D eigenvalue weighted by Crippen LogP contribution is -2.48. The molecule has 19 heavy (non-hydrogen) atoms. The highest BCUT2D eigenvalue weighted by Gasteiger charge is 2.23. The van der Waals surface area contributed by atoms with Crippen molar-refractivity contribution in [1.82, 2.24) is 9.88 Å². The largest absolute Gasteiger partial charge is 0.466 e. The van der Waals surface area contributed by atoms with Gasteiger partial charge in [-0.25, -0.2) is 4.98 Å². The minimum absolute atomic E-state index is 0.0911. The van der Waals surface area contributed by atoms with Gasteiger partial charge in [0, 0.05) is 25.5 Å². The van der Waals surface area contributed by atoms with Crippen molar-refractivity contribution in [2.75, 3.05) is 38.2 Å². The Morgan fingerprint density at radius 3 is 3.00 bits per heavy atom. The zero-order valence-electron chi connectivity index (χ0n) is 11.1. The van der Waals surface area contributed by atoms with E-state index in [9.17, 15) is 9.59 Å². The molecule has 0 unspecified atom stereocenters. The Morgan fingerprint density at radius 1 is 1.53 bits per heavy atom. The summed E-state index contributed by atoms with van der Waals surface area (Å²) in [6, 6.07) is 0. The number of carbonyl (C=O) groups excluding carboxylic acids is 2. The summed E-state index contributed by atoms with van der Waals surface area (Å²) in [5, 5.41) is 2.63. The molecule has 0 radical (unpaired) electrons. The second-order valence-electron chi connectivity index (χ2n) is 4.34. The number of carbonyl (C=O) groups is 2. The Hall–Kier alpha value is -1.63. The number of rotatable bonds is 4. The second kappa shape index (κ2) is 6.01. The summed E-state index contributed by atoms with van der Waals surface area (Å²) in [5.41, 5.74) is 0.699. The Balaban J connectivity index is 1.97. The first-order valence-electron chi connectivity index (χ1n) is 6.19. The molecule has 1 aromatic heterocycles. The van der Waals surface area contributed by atoms with Gasteiger partial charge in [0.1, 0.15) is 0 Å². The van der Waals surface area contributed by atoms with Crippen molar-refractivity contribution in [2.45, 2.75) is 13.3 Å². The Kier molecular flexibility index (Phi) is 4.36. The zero-order valence-corrected chi connectivity index (χ0v) is 11.9. The summed E-state index contributed by atoms with van der Waals surface area (Å²) in [4.78, 5) is 31.0. The third-order valence-corrected chi connectivity index (χ3v) is 3.85. The van der Waals surface area contributed by atoms with Crippen LogP contribution in [0.3, 0.4) is 0 Å². The molecule has 0 spiro atoms. The van der Waals surface area contributed by atoms with Gasteiger partial charge in [-0.1, -0.05) is 0 Å². The zero-order chi connectivity index (χ0) is 13.8. The number of aromatic nitrogens is 1. The minimum atomic E-state index is -0.270. The van der Waals surface area contributed by atoms with Crippen molar-refractivity contribution in [3.05, 3.63) is 11.1 Å². The van der Waals surface area contributed by atoms with Crippen molar-refractivity contribution < 1.29 is 14.3 Å². The second-order valence-corrected chi connectivity index (χ2v) is 5.18. The van der Waals surface area contributed by atoms with E-state index in [0.717, 1.165) is 11.7 Å². The fourth-order valence-electron chi connectivity index (χ4n) is 1.80. The smallest absolute Gasteiger partial charge is 0.311 e. The topological polar surface area (TPSA) is 62.7 Å². The van der Waals surface area contributed by atoms with Crippen LogP contribution >= 0.6 is 11.3 Å². The lowest BCUT2D eigenvalue weighted by molar-refractivity contribution is -0.142. The highest BCUT2D eigenvalue weighted by atomic mass is 32.1. The number of nitrogens with zero attached hydrogens (tertiary/aromatic N) is 3. The highest BCUT2D eigenvalue weighted by molar-refractivity contribution is 7.13. The van der Waals surface area contributed by atoms with Crippen LogP contribution in [-0.4, -0.2) is 55.0 Å². The number of esters is 1. The van der Waals surface area contributed by atoms with Gasteiger partial charge in [-0.15, -0.1) is 11.3 Å². The van der Waals surface area contributed by atoms with Crippen LogP contribution in [-0.2, 0) is 20.7 Å². The van der Waals surface area contributed by atoms with Crippen LogP contribution in [0.1, 0.15) is 12.6 Å². The van der Waals surface area contributed by atoms with E-state index in [1.165, 1.54) is 11.3 Å². The molecule has 1 aliphatic heterocycles. The van der Waals surface area contributed by atoms with Crippen molar-refractivity contribution >= 4 is 28.3 Å². The fraction of sp³-hybridized carbons (Fsp3) is 0.583. The van der Waals surface area contributed by atoms with E-state index >= 15 is 0 Å². The highest BCUT2D eigenvalue weighted by Crippen LogP contribution is 2.22. The summed E-state index contributed by atoms with van der Waals surface area (Å²) < 4.78 is 4.88. The van der Waals surface area contributed by atoms with E-state index in [0.29, 0.717) is 25.4 Å². The molecule has 0 N–H and O–H groups in total. The summed E-state index contributed by atoms with van der Waals surface area (Å²) >= 11 is 1.46. The molecule has 6 nitrogen and oxygen atoms in total. The minimum Gasteiger partial charge on any atom is -0.466 e. The number of piperazine rings is 1. The molecule has 1 saturated heterocycles. The molecule has 104 valence electrons. The van der Waals surface area contributed by atoms with Gasteiger partial charge in [-0.3, -0.25) is 9.59 Å². The average Bonchev–Trinajstić information content (AvgIpc) is 2.81. The number of likely N-dealkylation sites (N-methyl/N-ethyl adjacent to an activating group) is 1. The SMILES string of the molecule is CCOC(=O)Cc1csc(N2CCN(C)C(=O)C2)n1. The van der Waals surface area contributed by atoms with Crippen molar-refractivity contribution in [1.29, 1.82) is 0 Å². The van der Waals surface area contributed by atoms with Crippen molar-refractivity contribution in [2.24, 2.45) is 0 Å². The molecule has 1 fully saturated rings. The van der Waals surface area contributed by atoms with E-state index in [-0.39, 0.29) is 18.3 Å². The lowest BCUT2D eigenvalue weighted by atomic mass is 10.3. The molecule has 0 aliphatic carbocycles. The lowest BCUT2D eigenvalue weighted by Gasteiger charge is -2.31. The van der Waals surface area contributed by atoms with Crippen LogP contribution in [0.25, 0.3) is 0 Å². The quantitative estimate of drug-likeness (QED) is 0.754. The van der Waals surface area contributed by atoms with E-state index < -0.39 is 0 Å². The van der Waals surface area contributed by atoms with Crippen LogP contribution in [0.5, 0.6) is 0 Å². The molecule has 1 amide bonds. The first-order chi connectivity index (χ1) is 9.10. The number of anilines is 1. The number of thiazole rings is 1. The Morgan fingerprint density at radius 2 is 2.32 bits per heavy atom. The Bertz CT molecular complexity index is 475. The molecule has 2 rings (SSSR count). The average molecular weight is 283 g/mol. The summed E-state index contributed by atoms with van der Waals surface area (Å²) in [5.74, 6) is -0.179. The van der Waals surface area contributed by atoms with Gasteiger partial charge in [0.25, 0.3) is 0 Å². The monoisotopic (exact) mass is 283 g/mol. The van der Waals surface area contributed by atoms with Crippen LogP contribution in [0.2, 0.25) is 0 Å². The third kappa shape index (κ3) is 3.44. The van der Waals surface area contributed by atoms with Gasteiger partial charge in [0.05, 0.1) is 25.3 Å². The van der Waals surface area contributed by atoms with Gasteiger partial charge in [0.15, 0.2) is 5.13 Å². The molecule has 0 aromatic carbocycles. The molecular weight excluding hydrogens is 266 g/mol. The molecular formula is C12H17N3O3S. The van der Waals surface area contributed by atoms with E-state index in [1.807, 2.05) is 10.3 Å². The predicted molar refractivity (Wildman–Crippen MR) is 72.3 cm³/mol. The van der Waals surface area contributed by atoms with E-state index in [4.69, 9.17) is 4.74 Å². The summed E-state index contributed by atoms with van der Waals surface area (Å²) in [6.07, 6.45) is 0.187. The van der Waals surface area contributed by atoms with Gasteiger partial charge in [-0.2, -0.15) is 0 Å².